The third-order valence-corrected chi connectivity index (χ3v) is 2.63. The molecule has 0 spiro atoms. The van der Waals surface area contributed by atoms with E-state index < -0.39 is 35.4 Å². The van der Waals surface area contributed by atoms with E-state index in [-0.39, 0.29) is 11.1 Å². The monoisotopic (exact) mass is 347 g/mol. The summed E-state index contributed by atoms with van der Waals surface area (Å²) in [6, 6.07) is 0. The van der Waals surface area contributed by atoms with Crippen LogP contribution in [0, 0.1) is 0 Å². The summed E-state index contributed by atoms with van der Waals surface area (Å²) in [6.45, 7) is 1.20. The summed E-state index contributed by atoms with van der Waals surface area (Å²) < 4.78 is 67.8. The average Bonchev–Trinajstić information content (AvgIpc) is 2.26. The molecule has 0 aliphatic heterocycles. The zero-order chi connectivity index (χ0) is 14.8. The molecule has 0 unspecified atom stereocenters. The highest BCUT2D eigenvalue weighted by Gasteiger charge is 2.42. The molecule has 1 aromatic rings. The second kappa shape index (κ2) is 5.81. The molecule has 106 valence electrons. The molecule has 0 aliphatic carbocycles. The number of esters is 1. The predicted molar refractivity (Wildman–Crippen MR) is 57.9 cm³/mol. The maximum absolute atomic E-state index is 12.8. The van der Waals surface area contributed by atoms with Crippen LogP contribution >= 0.6 is 15.9 Å². The Morgan fingerprint density at radius 1 is 1.47 bits per heavy atom. The van der Waals surface area contributed by atoms with Gasteiger partial charge in [-0.1, -0.05) is 0 Å². The summed E-state index contributed by atoms with van der Waals surface area (Å²) in [5.41, 5.74) is -4.28. The third kappa shape index (κ3) is 3.40. The van der Waals surface area contributed by atoms with Crippen molar-refractivity contribution in [1.82, 2.24) is 4.98 Å². The molecule has 1 heterocycles. The molecule has 19 heavy (non-hydrogen) atoms. The van der Waals surface area contributed by atoms with Gasteiger partial charge in [-0.15, -0.1) is 0 Å². The fourth-order valence-corrected chi connectivity index (χ4v) is 1.82. The van der Waals surface area contributed by atoms with Gasteiger partial charge in [-0.3, -0.25) is 4.98 Å². The van der Waals surface area contributed by atoms with E-state index in [4.69, 9.17) is 0 Å². The minimum atomic E-state index is -5.15. The molecule has 0 N–H and O–H groups in total. The van der Waals surface area contributed by atoms with E-state index in [0.29, 0.717) is 6.20 Å². The molecule has 0 bridgehead atoms. The van der Waals surface area contributed by atoms with E-state index in [0.717, 1.165) is 0 Å². The molecule has 1 aromatic heterocycles. The van der Waals surface area contributed by atoms with Crippen LogP contribution in [0.5, 0.6) is 0 Å². The van der Waals surface area contributed by atoms with Gasteiger partial charge in [0.25, 0.3) is 6.43 Å². The maximum atomic E-state index is 12.8. The SMILES string of the molecule is CCOC(=O)c1c(Br)cnc(C(F)F)c1C(F)(F)F. The number of carbonyl (C=O) groups excluding carboxylic acids is 1. The highest BCUT2D eigenvalue weighted by Crippen LogP contribution is 2.40. The molecule has 0 saturated carbocycles. The summed E-state index contributed by atoms with van der Waals surface area (Å²) >= 11 is 2.69. The molecule has 1 rings (SSSR count). The second-order valence-electron chi connectivity index (χ2n) is 3.26. The van der Waals surface area contributed by atoms with Crippen molar-refractivity contribution in [3.63, 3.8) is 0 Å². The van der Waals surface area contributed by atoms with Gasteiger partial charge in [-0.25, -0.2) is 13.6 Å². The molecule has 0 fully saturated rings. The van der Waals surface area contributed by atoms with Gasteiger partial charge in [0.05, 0.1) is 22.2 Å². The first-order chi connectivity index (χ1) is 8.70. The highest BCUT2D eigenvalue weighted by atomic mass is 79.9. The molecule has 0 aliphatic rings. The molecule has 0 atom stereocenters. The van der Waals surface area contributed by atoms with Crippen LogP contribution in [-0.4, -0.2) is 17.6 Å². The molecular weight excluding hydrogens is 341 g/mol. The lowest BCUT2D eigenvalue weighted by Crippen LogP contribution is -2.20. The molecule has 0 radical (unpaired) electrons. The summed E-state index contributed by atoms with van der Waals surface area (Å²) in [6.07, 6.45) is -7.90. The lowest BCUT2D eigenvalue weighted by molar-refractivity contribution is -0.140. The number of ether oxygens (including phenoxy) is 1. The van der Waals surface area contributed by atoms with Crippen LogP contribution in [0.3, 0.4) is 0 Å². The van der Waals surface area contributed by atoms with E-state index in [1.165, 1.54) is 6.92 Å². The first-order valence-corrected chi connectivity index (χ1v) is 5.70. The van der Waals surface area contributed by atoms with Crippen molar-refractivity contribution in [2.75, 3.05) is 6.61 Å². The molecule has 9 heteroatoms. The summed E-state index contributed by atoms with van der Waals surface area (Å²) in [5.74, 6) is -1.34. The standard InChI is InChI=1S/C10H7BrF5NO2/c1-2-19-9(18)5-4(11)3-17-7(8(12)13)6(5)10(14,15)16/h3,8H,2H2,1H3. The Balaban J connectivity index is 3.59. The van der Waals surface area contributed by atoms with Crippen molar-refractivity contribution >= 4 is 21.9 Å². The topological polar surface area (TPSA) is 39.2 Å². The van der Waals surface area contributed by atoms with Gasteiger partial charge >= 0.3 is 12.1 Å². The van der Waals surface area contributed by atoms with Crippen LogP contribution in [0.15, 0.2) is 10.7 Å². The molecule has 0 saturated heterocycles. The Hall–Kier alpha value is -1.25. The zero-order valence-corrected chi connectivity index (χ0v) is 11.0. The Kier molecular flexibility index (Phi) is 4.83. The summed E-state index contributed by atoms with van der Waals surface area (Å²) in [5, 5.41) is 0. The van der Waals surface area contributed by atoms with E-state index >= 15 is 0 Å². The van der Waals surface area contributed by atoms with Gasteiger partial charge in [-0.2, -0.15) is 13.2 Å². The Bertz CT molecular complexity index is 490. The van der Waals surface area contributed by atoms with E-state index in [1.807, 2.05) is 0 Å². The van der Waals surface area contributed by atoms with Crippen molar-refractivity contribution in [2.45, 2.75) is 19.5 Å². The summed E-state index contributed by atoms with van der Waals surface area (Å²) in [4.78, 5) is 14.5. The number of aromatic nitrogens is 1. The van der Waals surface area contributed by atoms with Crippen molar-refractivity contribution in [3.05, 3.63) is 27.5 Å². The van der Waals surface area contributed by atoms with Crippen LogP contribution in [-0.2, 0) is 10.9 Å². The van der Waals surface area contributed by atoms with Crippen molar-refractivity contribution in [1.29, 1.82) is 0 Å². The first-order valence-electron chi connectivity index (χ1n) is 4.91. The van der Waals surface area contributed by atoms with Gasteiger partial charge in [-0.05, 0) is 22.9 Å². The quantitative estimate of drug-likeness (QED) is 0.613. The number of pyridine rings is 1. The molecule has 0 aromatic carbocycles. The normalized spacial score (nSPS) is 11.8. The van der Waals surface area contributed by atoms with E-state index in [2.05, 4.69) is 25.7 Å². The van der Waals surface area contributed by atoms with E-state index in [1.54, 1.807) is 0 Å². The van der Waals surface area contributed by atoms with Crippen molar-refractivity contribution in [3.8, 4) is 0 Å². The van der Waals surface area contributed by atoms with E-state index in [9.17, 15) is 26.7 Å². The minimum absolute atomic E-state index is 0.186. The summed E-state index contributed by atoms with van der Waals surface area (Å²) in [7, 11) is 0. The Morgan fingerprint density at radius 2 is 2.05 bits per heavy atom. The lowest BCUT2D eigenvalue weighted by Gasteiger charge is -2.16. The number of hydrogen-bond acceptors (Lipinski definition) is 3. The van der Waals surface area contributed by atoms with Crippen LogP contribution in [0.2, 0.25) is 0 Å². The smallest absolute Gasteiger partial charge is 0.419 e. The lowest BCUT2D eigenvalue weighted by atomic mass is 10.1. The van der Waals surface area contributed by atoms with Gasteiger partial charge in [0.1, 0.15) is 5.69 Å². The molecule has 0 amide bonds. The third-order valence-electron chi connectivity index (χ3n) is 2.03. The molecular formula is C10H7BrF5NO2. The fraction of sp³-hybridized carbons (Fsp3) is 0.400. The predicted octanol–water partition coefficient (Wildman–Crippen LogP) is 3.98. The highest BCUT2D eigenvalue weighted by molar-refractivity contribution is 9.10. The van der Waals surface area contributed by atoms with Gasteiger partial charge in [0.2, 0.25) is 0 Å². The number of carbonyl (C=O) groups is 1. The number of rotatable bonds is 3. The molecule has 3 nitrogen and oxygen atoms in total. The number of halogens is 6. The van der Waals surface area contributed by atoms with Crippen LogP contribution in [0.1, 0.15) is 35.0 Å². The number of hydrogen-bond donors (Lipinski definition) is 0. The van der Waals surface area contributed by atoms with Gasteiger partial charge in [0.15, 0.2) is 0 Å². The van der Waals surface area contributed by atoms with Crippen LogP contribution < -0.4 is 0 Å². The van der Waals surface area contributed by atoms with Gasteiger partial charge < -0.3 is 4.74 Å². The average molecular weight is 348 g/mol. The largest absolute Gasteiger partial charge is 0.462 e. The Labute approximate surface area is 112 Å². The van der Waals surface area contributed by atoms with Crippen molar-refractivity contribution in [2.24, 2.45) is 0 Å². The van der Waals surface area contributed by atoms with Crippen LogP contribution in [0.25, 0.3) is 0 Å². The number of alkyl halides is 5. The number of nitrogens with zero attached hydrogens (tertiary/aromatic N) is 1. The zero-order valence-electron chi connectivity index (χ0n) is 9.39. The fourth-order valence-electron chi connectivity index (χ4n) is 1.36. The van der Waals surface area contributed by atoms with Crippen LogP contribution in [0.4, 0.5) is 22.0 Å². The Morgan fingerprint density at radius 3 is 2.47 bits per heavy atom. The minimum Gasteiger partial charge on any atom is -0.462 e. The van der Waals surface area contributed by atoms with Gasteiger partial charge in [0, 0.05) is 6.20 Å². The van der Waals surface area contributed by atoms with Crippen molar-refractivity contribution < 1.29 is 31.5 Å². The maximum Gasteiger partial charge on any atom is 0.419 e. The second-order valence-corrected chi connectivity index (χ2v) is 4.11. The first kappa shape index (κ1) is 15.8.